The number of rotatable bonds is 6. The summed E-state index contributed by atoms with van der Waals surface area (Å²) >= 11 is 0. The van der Waals surface area contributed by atoms with E-state index in [0.29, 0.717) is 12.0 Å². The van der Waals surface area contributed by atoms with Crippen LogP contribution in [0, 0.1) is 5.82 Å². The Bertz CT molecular complexity index is 658. The van der Waals surface area contributed by atoms with Crippen LogP contribution in [0.25, 0.3) is 0 Å². The van der Waals surface area contributed by atoms with Crippen LogP contribution in [0.15, 0.2) is 48.8 Å². The molecule has 0 N–H and O–H groups in total. The molecule has 1 heterocycles. The maximum atomic E-state index is 12.8. The Hall–Kier alpha value is -2.76. The first kappa shape index (κ1) is 16.6. The van der Waals surface area contributed by atoms with Crippen molar-refractivity contribution in [2.24, 2.45) is 0 Å². The minimum Gasteiger partial charge on any atom is -0.466 e. The molecule has 1 aromatic heterocycles. The average molecular weight is 317 g/mol. The van der Waals surface area contributed by atoms with E-state index < -0.39 is 18.0 Å². The topological polar surface area (TPSA) is 65.5 Å². The van der Waals surface area contributed by atoms with Gasteiger partial charge in [-0.2, -0.15) is 0 Å². The number of benzene rings is 1. The Morgan fingerprint density at radius 1 is 1.22 bits per heavy atom. The highest BCUT2D eigenvalue weighted by molar-refractivity contribution is 5.80. The van der Waals surface area contributed by atoms with Gasteiger partial charge >= 0.3 is 11.9 Å². The highest BCUT2D eigenvalue weighted by atomic mass is 19.1. The zero-order valence-electron chi connectivity index (χ0n) is 12.6. The molecular formula is C17H16FNO4. The quantitative estimate of drug-likeness (QED) is 0.766. The largest absolute Gasteiger partial charge is 0.466 e. The normalized spacial score (nSPS) is 11.6. The molecule has 0 bridgehead atoms. The number of ether oxygens (including phenoxy) is 2. The first-order valence-electron chi connectivity index (χ1n) is 7.02. The van der Waals surface area contributed by atoms with Gasteiger partial charge in [-0.3, -0.25) is 9.78 Å². The van der Waals surface area contributed by atoms with Crippen LogP contribution in [-0.4, -0.2) is 24.0 Å². The highest BCUT2D eigenvalue weighted by Crippen LogP contribution is 2.19. The second-order valence-corrected chi connectivity index (χ2v) is 4.81. The lowest BCUT2D eigenvalue weighted by atomic mass is 10.1. The van der Waals surface area contributed by atoms with Crippen LogP contribution in [0.3, 0.4) is 0 Å². The van der Waals surface area contributed by atoms with Gasteiger partial charge in [0.2, 0.25) is 6.10 Å². The predicted molar refractivity (Wildman–Crippen MR) is 79.8 cm³/mol. The Morgan fingerprint density at radius 2 is 1.96 bits per heavy atom. The number of halogens is 1. The van der Waals surface area contributed by atoms with E-state index in [-0.39, 0.29) is 12.2 Å². The van der Waals surface area contributed by atoms with Gasteiger partial charge in [-0.15, -0.1) is 0 Å². The molecule has 1 aromatic carbocycles. The number of nitrogens with zero attached hydrogens (tertiary/aromatic N) is 1. The van der Waals surface area contributed by atoms with Crippen molar-refractivity contribution in [3.63, 3.8) is 0 Å². The number of carbonyl (C=O) groups is 2. The molecule has 1 atom stereocenters. The van der Waals surface area contributed by atoms with Gasteiger partial charge in [0.25, 0.3) is 0 Å². The molecule has 0 saturated carbocycles. The van der Waals surface area contributed by atoms with Crippen molar-refractivity contribution in [1.29, 1.82) is 0 Å². The number of methoxy groups -OCH3 is 1. The number of aromatic nitrogens is 1. The fraction of sp³-hybridized carbons (Fsp3) is 0.235. The van der Waals surface area contributed by atoms with Crippen LogP contribution in [0.5, 0.6) is 0 Å². The van der Waals surface area contributed by atoms with Gasteiger partial charge in [-0.25, -0.2) is 9.18 Å². The number of pyridine rings is 1. The summed E-state index contributed by atoms with van der Waals surface area (Å²) in [6.45, 7) is 0. The van der Waals surface area contributed by atoms with Gasteiger partial charge in [-0.1, -0.05) is 18.2 Å². The zero-order chi connectivity index (χ0) is 16.7. The monoisotopic (exact) mass is 317 g/mol. The molecule has 0 saturated heterocycles. The van der Waals surface area contributed by atoms with E-state index in [2.05, 4.69) is 9.72 Å². The lowest BCUT2D eigenvalue weighted by Crippen LogP contribution is -2.21. The molecular weight excluding hydrogens is 301 g/mol. The van der Waals surface area contributed by atoms with E-state index in [1.807, 2.05) is 0 Å². The third kappa shape index (κ3) is 4.88. The summed E-state index contributed by atoms with van der Waals surface area (Å²) in [6, 6.07) is 9.11. The van der Waals surface area contributed by atoms with Crippen molar-refractivity contribution >= 4 is 11.9 Å². The molecule has 0 aliphatic heterocycles. The zero-order valence-corrected chi connectivity index (χ0v) is 12.6. The van der Waals surface area contributed by atoms with E-state index in [4.69, 9.17) is 4.74 Å². The highest BCUT2D eigenvalue weighted by Gasteiger charge is 2.25. The SMILES string of the molecule is COC(=O)C(OC(=O)CCc1ccc(F)cc1)c1cccnc1. The molecule has 0 fully saturated rings. The van der Waals surface area contributed by atoms with Crippen LogP contribution >= 0.6 is 0 Å². The number of aryl methyl sites for hydroxylation is 1. The van der Waals surface area contributed by atoms with Gasteiger partial charge < -0.3 is 9.47 Å². The van der Waals surface area contributed by atoms with E-state index in [9.17, 15) is 14.0 Å². The van der Waals surface area contributed by atoms with Crippen molar-refractivity contribution in [2.45, 2.75) is 18.9 Å². The Labute approximate surface area is 133 Å². The summed E-state index contributed by atoms with van der Waals surface area (Å²) in [6.07, 6.45) is 2.30. The van der Waals surface area contributed by atoms with Gasteiger partial charge in [0.15, 0.2) is 0 Å². The smallest absolute Gasteiger partial charge is 0.352 e. The third-order valence-electron chi connectivity index (χ3n) is 3.18. The molecule has 2 aromatic rings. The second-order valence-electron chi connectivity index (χ2n) is 4.81. The molecule has 5 nitrogen and oxygen atoms in total. The first-order chi connectivity index (χ1) is 11.1. The number of hydrogen-bond donors (Lipinski definition) is 0. The van der Waals surface area contributed by atoms with Gasteiger partial charge in [0.1, 0.15) is 5.82 Å². The molecule has 0 radical (unpaired) electrons. The maximum Gasteiger partial charge on any atom is 0.352 e. The molecule has 2 rings (SSSR count). The van der Waals surface area contributed by atoms with E-state index in [1.54, 1.807) is 30.5 Å². The van der Waals surface area contributed by atoms with E-state index >= 15 is 0 Å². The predicted octanol–water partition coefficient (Wildman–Crippen LogP) is 2.61. The Morgan fingerprint density at radius 3 is 2.57 bits per heavy atom. The van der Waals surface area contributed by atoms with Crippen LogP contribution in [0.1, 0.15) is 23.7 Å². The maximum absolute atomic E-state index is 12.8. The summed E-state index contributed by atoms with van der Waals surface area (Å²) in [7, 11) is 1.22. The van der Waals surface area contributed by atoms with Crippen LogP contribution in [0.4, 0.5) is 4.39 Å². The fourth-order valence-corrected chi connectivity index (χ4v) is 1.98. The minimum absolute atomic E-state index is 0.0688. The lowest BCUT2D eigenvalue weighted by Gasteiger charge is -2.15. The number of carbonyl (C=O) groups excluding carboxylic acids is 2. The van der Waals surface area contributed by atoms with Gasteiger partial charge in [0.05, 0.1) is 7.11 Å². The number of esters is 2. The van der Waals surface area contributed by atoms with Crippen LogP contribution < -0.4 is 0 Å². The fourth-order valence-electron chi connectivity index (χ4n) is 1.98. The van der Waals surface area contributed by atoms with Crippen molar-refractivity contribution in [3.8, 4) is 0 Å². The molecule has 23 heavy (non-hydrogen) atoms. The van der Waals surface area contributed by atoms with Crippen LogP contribution in [-0.2, 0) is 25.5 Å². The summed E-state index contributed by atoms with van der Waals surface area (Å²) < 4.78 is 22.7. The molecule has 0 aliphatic rings. The second kappa shape index (κ2) is 8.03. The van der Waals surface area contributed by atoms with Crippen molar-refractivity contribution in [2.75, 3.05) is 7.11 Å². The standard InChI is InChI=1S/C17H16FNO4/c1-22-17(21)16(13-3-2-10-19-11-13)23-15(20)9-6-12-4-7-14(18)8-5-12/h2-5,7-8,10-11,16H,6,9H2,1H3. The van der Waals surface area contributed by atoms with Crippen molar-refractivity contribution in [3.05, 3.63) is 65.7 Å². The molecule has 6 heteroatoms. The molecule has 0 spiro atoms. The summed E-state index contributed by atoms with van der Waals surface area (Å²) in [5, 5.41) is 0. The minimum atomic E-state index is -1.14. The lowest BCUT2D eigenvalue weighted by molar-refractivity contribution is -0.166. The Balaban J connectivity index is 1.97. The molecule has 120 valence electrons. The average Bonchev–Trinajstić information content (AvgIpc) is 2.59. The third-order valence-corrected chi connectivity index (χ3v) is 3.18. The summed E-state index contributed by atoms with van der Waals surface area (Å²) in [5.41, 5.74) is 1.24. The van der Waals surface area contributed by atoms with Gasteiger partial charge in [-0.05, 0) is 30.2 Å². The summed E-state index contributed by atoms with van der Waals surface area (Å²) in [4.78, 5) is 27.7. The van der Waals surface area contributed by atoms with Gasteiger partial charge in [0, 0.05) is 24.4 Å². The van der Waals surface area contributed by atoms with E-state index in [1.165, 1.54) is 25.4 Å². The van der Waals surface area contributed by atoms with E-state index in [0.717, 1.165) is 5.56 Å². The molecule has 0 amide bonds. The number of hydrogen-bond acceptors (Lipinski definition) is 5. The first-order valence-corrected chi connectivity index (χ1v) is 7.02. The Kier molecular flexibility index (Phi) is 5.80. The van der Waals surface area contributed by atoms with Crippen LogP contribution in [0.2, 0.25) is 0 Å². The summed E-state index contributed by atoms with van der Waals surface area (Å²) in [5.74, 6) is -1.56. The molecule has 1 unspecified atom stereocenters. The molecule has 0 aliphatic carbocycles. The van der Waals surface area contributed by atoms with Crippen molar-refractivity contribution < 1.29 is 23.5 Å². The van der Waals surface area contributed by atoms with Crippen molar-refractivity contribution in [1.82, 2.24) is 4.98 Å².